The van der Waals surface area contributed by atoms with Gasteiger partial charge in [-0.15, -0.1) is 0 Å². The molecule has 0 heterocycles. The number of aliphatic imine (C=N–C) groups is 1. The number of nitrogens with two attached hydrogens (primary N) is 3. The van der Waals surface area contributed by atoms with Crippen molar-refractivity contribution in [1.29, 1.82) is 0 Å². The predicted octanol–water partition coefficient (Wildman–Crippen LogP) is -3.49. The Kier molecular flexibility index (Phi) is 15.0. The molecular weight excluding hydrogens is 486 g/mol. The number of guanidine groups is 1. The van der Waals surface area contributed by atoms with Gasteiger partial charge in [-0.2, -0.15) is 11.8 Å². The monoisotopic (exact) mass is 521 g/mol. The van der Waals surface area contributed by atoms with Crippen LogP contribution in [0.1, 0.15) is 32.6 Å². The Morgan fingerprint density at radius 1 is 0.943 bits per heavy atom. The van der Waals surface area contributed by atoms with Crippen molar-refractivity contribution in [1.82, 2.24) is 16.0 Å². The molecule has 5 atom stereocenters. The average Bonchev–Trinajstić information content (AvgIpc) is 2.75. The highest BCUT2D eigenvalue weighted by Gasteiger charge is 2.33. The Morgan fingerprint density at radius 2 is 1.54 bits per heavy atom. The zero-order chi connectivity index (χ0) is 27.1. The lowest BCUT2D eigenvalue weighted by atomic mass is 10.1. The lowest BCUT2D eigenvalue weighted by molar-refractivity contribution is -0.148. The van der Waals surface area contributed by atoms with Gasteiger partial charge < -0.3 is 48.5 Å². The minimum Gasteiger partial charge on any atom is -0.481 e. The lowest BCUT2D eigenvalue weighted by Gasteiger charge is -2.26. The van der Waals surface area contributed by atoms with Gasteiger partial charge in [-0.3, -0.25) is 24.2 Å². The van der Waals surface area contributed by atoms with Gasteiger partial charge in [-0.05, 0) is 38.2 Å². The fourth-order valence-electron chi connectivity index (χ4n) is 2.73. The third-order valence-electron chi connectivity index (χ3n) is 4.60. The van der Waals surface area contributed by atoms with E-state index in [1.165, 1.54) is 18.7 Å². The van der Waals surface area contributed by atoms with Crippen molar-refractivity contribution < 1.29 is 39.3 Å². The van der Waals surface area contributed by atoms with Crippen LogP contribution in [0.4, 0.5) is 0 Å². The van der Waals surface area contributed by atoms with Gasteiger partial charge >= 0.3 is 11.9 Å². The number of aliphatic carboxylic acids is 2. The summed E-state index contributed by atoms with van der Waals surface area (Å²) in [7, 11) is 0. The summed E-state index contributed by atoms with van der Waals surface area (Å²) in [6.45, 7) is 1.45. The molecule has 0 rings (SSSR count). The molecule has 0 fully saturated rings. The summed E-state index contributed by atoms with van der Waals surface area (Å²) in [6, 6.07) is -5.46. The molecule has 0 aliphatic heterocycles. The zero-order valence-corrected chi connectivity index (χ0v) is 20.4. The quantitative estimate of drug-likeness (QED) is 0.0512. The largest absolute Gasteiger partial charge is 0.481 e. The Bertz CT molecular complexity index is 776. The van der Waals surface area contributed by atoms with E-state index in [4.69, 9.17) is 27.4 Å². The van der Waals surface area contributed by atoms with Gasteiger partial charge in [0.1, 0.15) is 18.1 Å². The zero-order valence-electron chi connectivity index (χ0n) is 19.6. The number of nitrogens with one attached hydrogen (secondary N) is 3. The van der Waals surface area contributed by atoms with E-state index in [-0.39, 0.29) is 25.3 Å². The number of aliphatic hydroxyl groups excluding tert-OH is 1. The molecule has 0 aliphatic rings. The lowest BCUT2D eigenvalue weighted by Crippen LogP contribution is -2.60. The van der Waals surface area contributed by atoms with E-state index in [9.17, 15) is 29.1 Å². The van der Waals surface area contributed by atoms with Gasteiger partial charge in [0.05, 0.1) is 18.6 Å². The van der Waals surface area contributed by atoms with Crippen molar-refractivity contribution in [2.24, 2.45) is 22.2 Å². The van der Waals surface area contributed by atoms with Gasteiger partial charge in [-0.25, -0.2) is 4.79 Å². The van der Waals surface area contributed by atoms with Gasteiger partial charge in [0.2, 0.25) is 17.7 Å². The molecule has 3 amide bonds. The molecular formula is C19H35N7O8S. The van der Waals surface area contributed by atoms with Crippen LogP contribution in [-0.2, 0) is 24.0 Å². The Balaban J connectivity index is 5.30. The maximum atomic E-state index is 12.8. The van der Waals surface area contributed by atoms with Crippen molar-refractivity contribution >= 4 is 47.4 Å². The second kappa shape index (κ2) is 16.5. The fraction of sp³-hybridized carbons (Fsp3) is 0.684. The molecule has 200 valence electrons. The summed E-state index contributed by atoms with van der Waals surface area (Å²) in [6.07, 6.45) is 0.234. The molecule has 0 bridgehead atoms. The molecule has 0 spiro atoms. The number of amides is 3. The SMILES string of the molecule is CSCCC(NC(=O)C(N)CCCN=C(N)N)C(=O)NC(C(=O)NC(CC(=O)O)C(=O)O)C(C)O. The molecule has 15 nitrogen and oxygen atoms in total. The molecule has 0 saturated heterocycles. The molecule has 0 aromatic heterocycles. The number of thioether (sulfide) groups is 1. The van der Waals surface area contributed by atoms with Crippen LogP contribution in [0.5, 0.6) is 0 Å². The second-order valence-electron chi connectivity index (χ2n) is 7.62. The van der Waals surface area contributed by atoms with E-state index in [0.717, 1.165) is 0 Å². The first kappa shape index (κ1) is 31.9. The number of nitrogens with zero attached hydrogens (tertiary/aromatic N) is 1. The van der Waals surface area contributed by atoms with E-state index in [2.05, 4.69) is 15.6 Å². The summed E-state index contributed by atoms with van der Waals surface area (Å²) in [5, 5.41) is 34.7. The first-order chi connectivity index (χ1) is 16.3. The number of carbonyl (C=O) groups is 5. The van der Waals surface area contributed by atoms with E-state index in [1.54, 1.807) is 6.26 Å². The first-order valence-corrected chi connectivity index (χ1v) is 12.0. The highest BCUT2D eigenvalue weighted by Crippen LogP contribution is 2.05. The maximum Gasteiger partial charge on any atom is 0.326 e. The number of hydrogen-bond acceptors (Lipinski definition) is 9. The summed E-state index contributed by atoms with van der Waals surface area (Å²) >= 11 is 1.40. The maximum absolute atomic E-state index is 12.8. The molecule has 16 heteroatoms. The molecule has 0 aromatic rings. The number of carbonyl (C=O) groups excluding carboxylic acids is 3. The summed E-state index contributed by atoms with van der Waals surface area (Å²) in [5.41, 5.74) is 16.3. The van der Waals surface area contributed by atoms with E-state index < -0.39 is 66.4 Å². The van der Waals surface area contributed by atoms with Crippen molar-refractivity contribution in [2.45, 2.75) is 62.9 Å². The third-order valence-corrected chi connectivity index (χ3v) is 5.25. The molecule has 5 unspecified atom stereocenters. The topological polar surface area (TPSA) is 273 Å². The van der Waals surface area contributed by atoms with Gasteiger partial charge in [0.25, 0.3) is 0 Å². The van der Waals surface area contributed by atoms with Crippen LogP contribution in [-0.4, -0.2) is 99.8 Å². The molecule has 0 aromatic carbocycles. The van der Waals surface area contributed by atoms with Crippen molar-refractivity contribution in [3.63, 3.8) is 0 Å². The van der Waals surface area contributed by atoms with Crippen LogP contribution in [0.25, 0.3) is 0 Å². The number of hydrogen-bond donors (Lipinski definition) is 9. The standard InChI is InChI=1S/C19H35N7O8S/c1-9(27)14(17(32)25-12(18(33)34)8-13(28)29)26-16(31)11(5-7-35-2)24-15(30)10(20)4-3-6-23-19(21)22/h9-12,14,27H,3-8,20H2,1-2H3,(H,24,30)(H,25,32)(H,26,31)(H,28,29)(H,33,34)(H4,21,22,23). The van der Waals surface area contributed by atoms with Crippen LogP contribution in [0.3, 0.4) is 0 Å². The first-order valence-electron chi connectivity index (χ1n) is 10.6. The minimum absolute atomic E-state index is 0.0915. The fourth-order valence-corrected chi connectivity index (χ4v) is 3.20. The normalized spacial score (nSPS) is 15.0. The van der Waals surface area contributed by atoms with Crippen LogP contribution in [0, 0.1) is 0 Å². The third kappa shape index (κ3) is 13.4. The van der Waals surface area contributed by atoms with Gasteiger partial charge in [0.15, 0.2) is 5.96 Å². The smallest absolute Gasteiger partial charge is 0.326 e. The van der Waals surface area contributed by atoms with Gasteiger partial charge in [0, 0.05) is 6.54 Å². The van der Waals surface area contributed by atoms with Crippen molar-refractivity contribution in [3.8, 4) is 0 Å². The Morgan fingerprint density at radius 3 is 2.03 bits per heavy atom. The van der Waals surface area contributed by atoms with Gasteiger partial charge in [-0.1, -0.05) is 0 Å². The van der Waals surface area contributed by atoms with E-state index in [1.807, 2.05) is 5.32 Å². The molecule has 12 N–H and O–H groups in total. The number of carboxylic acid groups (broad SMARTS) is 2. The molecule has 0 saturated carbocycles. The highest BCUT2D eigenvalue weighted by atomic mass is 32.2. The van der Waals surface area contributed by atoms with Crippen LogP contribution >= 0.6 is 11.8 Å². The summed E-state index contributed by atoms with van der Waals surface area (Å²) < 4.78 is 0. The number of aliphatic hydroxyl groups is 1. The van der Waals surface area contributed by atoms with Crippen LogP contribution in [0.15, 0.2) is 4.99 Å². The highest BCUT2D eigenvalue weighted by molar-refractivity contribution is 7.98. The minimum atomic E-state index is -1.78. The summed E-state index contributed by atoms with van der Waals surface area (Å²) in [4.78, 5) is 63.6. The van der Waals surface area contributed by atoms with Crippen LogP contribution in [0.2, 0.25) is 0 Å². The van der Waals surface area contributed by atoms with E-state index in [0.29, 0.717) is 12.2 Å². The molecule has 0 radical (unpaired) electrons. The Hall–Kier alpha value is -3.11. The number of carboxylic acids is 2. The van der Waals surface area contributed by atoms with E-state index >= 15 is 0 Å². The van der Waals surface area contributed by atoms with Crippen molar-refractivity contribution in [2.75, 3.05) is 18.6 Å². The average molecular weight is 522 g/mol. The molecule has 0 aliphatic carbocycles. The Labute approximate surface area is 206 Å². The van der Waals surface area contributed by atoms with Crippen molar-refractivity contribution in [3.05, 3.63) is 0 Å². The van der Waals surface area contributed by atoms with Crippen LogP contribution < -0.4 is 33.2 Å². The summed E-state index contributed by atoms with van der Waals surface area (Å²) in [5.74, 6) is -5.24. The molecule has 35 heavy (non-hydrogen) atoms. The second-order valence-corrected chi connectivity index (χ2v) is 8.61. The number of rotatable bonds is 17. The predicted molar refractivity (Wildman–Crippen MR) is 128 cm³/mol.